The van der Waals surface area contributed by atoms with Gasteiger partial charge in [-0.25, -0.2) is 14.8 Å². The second-order valence-corrected chi connectivity index (χ2v) is 5.84. The van der Waals surface area contributed by atoms with Crippen LogP contribution in [0.2, 0.25) is 0 Å². The summed E-state index contributed by atoms with van der Waals surface area (Å²) in [6.07, 6.45) is 0. The fourth-order valence-corrected chi connectivity index (χ4v) is 3.31. The molecule has 0 atom stereocenters. The monoisotopic (exact) mass is 268 g/mol. The Labute approximate surface area is 107 Å². The fourth-order valence-electron chi connectivity index (χ4n) is 1.42. The molecule has 0 saturated carbocycles. The third-order valence-corrected chi connectivity index (χ3v) is 4.36. The molecule has 90 valence electrons. The molecule has 0 unspecified atom stereocenters. The number of aryl methyl sites for hydroxylation is 1. The molecule has 4 nitrogen and oxygen atoms in total. The fraction of sp³-hybridized carbons (Fsp3) is 0.364. The maximum atomic E-state index is 11.1. The largest absolute Gasteiger partial charge is 0.477 e. The molecule has 0 bridgehead atoms. The van der Waals surface area contributed by atoms with Crippen molar-refractivity contribution in [3.8, 4) is 10.0 Å². The highest BCUT2D eigenvalue weighted by atomic mass is 32.1. The van der Waals surface area contributed by atoms with Crippen molar-refractivity contribution in [3.05, 3.63) is 21.6 Å². The van der Waals surface area contributed by atoms with Crippen LogP contribution in [0.4, 0.5) is 0 Å². The number of rotatable bonds is 3. The first-order chi connectivity index (χ1) is 7.99. The number of hydrogen-bond acceptors (Lipinski definition) is 5. The molecular weight excluding hydrogens is 256 g/mol. The summed E-state index contributed by atoms with van der Waals surface area (Å²) in [5.74, 6) is -0.808. The van der Waals surface area contributed by atoms with Crippen molar-refractivity contribution < 1.29 is 9.90 Å². The van der Waals surface area contributed by atoms with Gasteiger partial charge in [-0.1, -0.05) is 13.8 Å². The van der Waals surface area contributed by atoms with Crippen LogP contribution in [0.1, 0.15) is 40.8 Å². The van der Waals surface area contributed by atoms with Crippen molar-refractivity contribution in [1.82, 2.24) is 9.97 Å². The number of carboxylic acids is 1. The van der Waals surface area contributed by atoms with Gasteiger partial charge >= 0.3 is 5.97 Å². The van der Waals surface area contributed by atoms with Gasteiger partial charge in [-0.15, -0.1) is 22.7 Å². The van der Waals surface area contributed by atoms with Crippen LogP contribution < -0.4 is 0 Å². The number of nitrogens with zero attached hydrogens (tertiary/aromatic N) is 2. The molecule has 6 heteroatoms. The smallest absolute Gasteiger partial charge is 0.347 e. The molecule has 0 saturated heterocycles. The maximum Gasteiger partial charge on any atom is 0.347 e. The normalized spacial score (nSPS) is 11.1. The summed E-state index contributed by atoms with van der Waals surface area (Å²) in [6, 6.07) is 0. The van der Waals surface area contributed by atoms with E-state index in [1.165, 1.54) is 22.7 Å². The van der Waals surface area contributed by atoms with E-state index in [-0.39, 0.29) is 5.92 Å². The first-order valence-corrected chi connectivity index (χ1v) is 6.85. The number of thiazole rings is 2. The summed E-state index contributed by atoms with van der Waals surface area (Å²) in [7, 11) is 0. The highest BCUT2D eigenvalue weighted by molar-refractivity contribution is 7.21. The first kappa shape index (κ1) is 12.2. The molecule has 0 aliphatic carbocycles. The lowest BCUT2D eigenvalue weighted by Crippen LogP contribution is -2.00. The van der Waals surface area contributed by atoms with Gasteiger partial charge in [0.2, 0.25) is 0 Å². The van der Waals surface area contributed by atoms with Gasteiger partial charge in [0.25, 0.3) is 0 Å². The van der Waals surface area contributed by atoms with Crippen molar-refractivity contribution in [1.29, 1.82) is 0 Å². The molecule has 0 aliphatic heterocycles. The van der Waals surface area contributed by atoms with E-state index in [0.717, 1.165) is 10.7 Å². The lowest BCUT2D eigenvalue weighted by Gasteiger charge is -2.00. The minimum atomic E-state index is -0.911. The molecule has 2 aromatic heterocycles. The average Bonchev–Trinajstić information content (AvgIpc) is 2.82. The lowest BCUT2D eigenvalue weighted by atomic mass is 10.1. The van der Waals surface area contributed by atoms with Crippen LogP contribution in [0.25, 0.3) is 10.0 Å². The van der Waals surface area contributed by atoms with Crippen molar-refractivity contribution in [2.75, 3.05) is 0 Å². The summed E-state index contributed by atoms with van der Waals surface area (Å²) in [5.41, 5.74) is 1.58. The zero-order valence-corrected chi connectivity index (χ0v) is 11.4. The van der Waals surface area contributed by atoms with E-state index in [0.29, 0.717) is 15.6 Å². The van der Waals surface area contributed by atoms with Gasteiger partial charge in [0.1, 0.15) is 4.88 Å². The van der Waals surface area contributed by atoms with E-state index in [1.807, 2.05) is 26.2 Å². The first-order valence-electron chi connectivity index (χ1n) is 5.15. The Balaban J connectivity index is 2.50. The zero-order valence-electron chi connectivity index (χ0n) is 9.72. The Morgan fingerprint density at radius 3 is 2.47 bits per heavy atom. The molecule has 1 N–H and O–H groups in total. The van der Waals surface area contributed by atoms with Gasteiger partial charge in [-0.3, -0.25) is 0 Å². The topological polar surface area (TPSA) is 63.1 Å². The second-order valence-electron chi connectivity index (χ2n) is 3.99. The van der Waals surface area contributed by atoms with Crippen LogP contribution in [0.15, 0.2) is 5.38 Å². The van der Waals surface area contributed by atoms with Crippen LogP contribution in [-0.4, -0.2) is 21.0 Å². The Hall–Kier alpha value is -1.27. The maximum absolute atomic E-state index is 11.1. The third-order valence-electron chi connectivity index (χ3n) is 2.20. The molecule has 0 spiro atoms. The van der Waals surface area contributed by atoms with Crippen LogP contribution in [0.3, 0.4) is 0 Å². The Bertz CT molecular complexity index is 558. The summed E-state index contributed by atoms with van der Waals surface area (Å²) in [5, 5.41) is 12.6. The van der Waals surface area contributed by atoms with E-state index in [4.69, 9.17) is 5.11 Å². The summed E-state index contributed by atoms with van der Waals surface area (Å²) < 4.78 is 0. The van der Waals surface area contributed by atoms with Crippen molar-refractivity contribution in [3.63, 3.8) is 0 Å². The number of aromatic nitrogens is 2. The van der Waals surface area contributed by atoms with E-state index in [1.54, 1.807) is 0 Å². The van der Waals surface area contributed by atoms with Gasteiger partial charge < -0.3 is 5.11 Å². The molecule has 17 heavy (non-hydrogen) atoms. The Morgan fingerprint density at radius 2 is 2.06 bits per heavy atom. The average molecular weight is 268 g/mol. The van der Waals surface area contributed by atoms with Gasteiger partial charge in [-0.05, 0) is 12.8 Å². The van der Waals surface area contributed by atoms with Crippen molar-refractivity contribution in [2.45, 2.75) is 26.7 Å². The molecule has 0 amide bonds. The third kappa shape index (κ3) is 2.37. The molecule has 2 rings (SSSR count). The van der Waals surface area contributed by atoms with E-state index in [9.17, 15) is 4.79 Å². The summed E-state index contributed by atoms with van der Waals surface area (Å²) in [4.78, 5) is 20.2. The zero-order chi connectivity index (χ0) is 12.6. The minimum absolute atomic E-state index is 0.104. The molecular formula is C11H12N2O2S2. The number of aromatic carboxylic acids is 1. The van der Waals surface area contributed by atoms with Gasteiger partial charge in [0.15, 0.2) is 10.0 Å². The van der Waals surface area contributed by atoms with Crippen molar-refractivity contribution >= 4 is 28.6 Å². The SMILES string of the molecule is Cc1csc(-c2nc(C(C)C)c(C(=O)O)s2)n1. The standard InChI is InChI=1S/C11H12N2O2S2/c1-5(2)7-8(11(14)15)17-10(13-7)9-12-6(3)4-16-9/h4-5H,1-3H3,(H,14,15). The lowest BCUT2D eigenvalue weighted by molar-refractivity contribution is 0.0700. The van der Waals surface area contributed by atoms with Gasteiger partial charge in [-0.2, -0.15) is 0 Å². The molecule has 0 aliphatic rings. The minimum Gasteiger partial charge on any atom is -0.477 e. The highest BCUT2D eigenvalue weighted by Gasteiger charge is 2.21. The summed E-state index contributed by atoms with van der Waals surface area (Å²) >= 11 is 2.69. The van der Waals surface area contributed by atoms with Crippen LogP contribution >= 0.6 is 22.7 Å². The molecule has 0 aromatic carbocycles. The van der Waals surface area contributed by atoms with Crippen LogP contribution in [0.5, 0.6) is 0 Å². The number of carbonyl (C=O) groups is 1. The second kappa shape index (κ2) is 4.54. The molecule has 2 heterocycles. The molecule has 2 aromatic rings. The summed E-state index contributed by atoms with van der Waals surface area (Å²) in [6.45, 7) is 5.80. The predicted molar refractivity (Wildman–Crippen MR) is 69.0 cm³/mol. The molecule has 0 fully saturated rings. The van der Waals surface area contributed by atoms with Crippen molar-refractivity contribution in [2.24, 2.45) is 0 Å². The van der Waals surface area contributed by atoms with E-state index < -0.39 is 5.97 Å². The van der Waals surface area contributed by atoms with E-state index in [2.05, 4.69) is 9.97 Å². The molecule has 0 radical (unpaired) electrons. The Morgan fingerprint density at radius 1 is 1.35 bits per heavy atom. The Kier molecular flexibility index (Phi) is 3.26. The van der Waals surface area contributed by atoms with Gasteiger partial charge in [0.05, 0.1) is 5.69 Å². The predicted octanol–water partition coefficient (Wildman–Crippen LogP) is 3.40. The van der Waals surface area contributed by atoms with Crippen LogP contribution in [-0.2, 0) is 0 Å². The quantitative estimate of drug-likeness (QED) is 0.926. The number of hydrogen-bond donors (Lipinski definition) is 1. The van der Waals surface area contributed by atoms with E-state index >= 15 is 0 Å². The van der Waals surface area contributed by atoms with Gasteiger partial charge in [0, 0.05) is 11.1 Å². The highest BCUT2D eigenvalue weighted by Crippen LogP contribution is 2.33. The van der Waals surface area contributed by atoms with Crippen LogP contribution in [0, 0.1) is 6.92 Å². The number of carboxylic acid groups (broad SMARTS) is 1.